The van der Waals surface area contributed by atoms with E-state index in [-0.39, 0.29) is 68.2 Å². The highest BCUT2D eigenvalue weighted by atomic mass is 16.6. The van der Waals surface area contributed by atoms with Crippen molar-refractivity contribution in [2.75, 3.05) is 67.5 Å². The summed E-state index contributed by atoms with van der Waals surface area (Å²) in [6.07, 6.45) is 8.10. The first-order chi connectivity index (χ1) is 37.6. The summed E-state index contributed by atoms with van der Waals surface area (Å²) in [7, 11) is 4.65. The number of ketones is 1. The number of methoxy groups -OCH3 is 3. The first-order valence-electron chi connectivity index (χ1n) is 29.3. The lowest BCUT2D eigenvalue weighted by Crippen LogP contribution is -2.61. The fourth-order valence-electron chi connectivity index (χ4n) is 11.6. The zero-order valence-electron chi connectivity index (χ0n) is 49.8. The van der Waals surface area contributed by atoms with Gasteiger partial charge >= 0.3 is 5.97 Å². The highest BCUT2D eigenvalue weighted by Crippen LogP contribution is 2.38. The number of hydrogen-bond donors (Lipinski definition) is 5. The molecule has 1 unspecified atom stereocenters. The minimum Gasteiger partial charge on any atom is -0.460 e. The van der Waals surface area contributed by atoms with E-state index in [1.54, 1.807) is 34.1 Å². The summed E-state index contributed by atoms with van der Waals surface area (Å²) in [6.45, 7) is 19.1. The van der Waals surface area contributed by atoms with Crippen molar-refractivity contribution in [3.05, 3.63) is 35.5 Å². The Bertz CT molecular complexity index is 2020. The van der Waals surface area contributed by atoms with E-state index in [4.69, 9.17) is 38.0 Å². The Morgan fingerprint density at radius 1 is 0.861 bits per heavy atom. The van der Waals surface area contributed by atoms with Gasteiger partial charge in [0, 0.05) is 71.6 Å². The summed E-state index contributed by atoms with van der Waals surface area (Å²) in [4.78, 5) is 63.2. The lowest BCUT2D eigenvalue weighted by Gasteiger charge is -2.43. The second kappa shape index (κ2) is 34.1. The van der Waals surface area contributed by atoms with Crippen LogP contribution in [0.15, 0.2) is 40.6 Å². The number of carbonyl (C=O) groups is 4. The highest BCUT2D eigenvalue weighted by molar-refractivity contribution is 6.39. The van der Waals surface area contributed by atoms with Gasteiger partial charge in [-0.2, -0.15) is 0 Å². The molecule has 3 fully saturated rings. The number of Topliss-reactive ketones (excluding diaryl/α,β-unsaturated/α-hetero) is 1. The Labute approximate surface area is 471 Å². The van der Waals surface area contributed by atoms with E-state index in [1.807, 2.05) is 46.8 Å². The largest absolute Gasteiger partial charge is 0.460 e. The van der Waals surface area contributed by atoms with Crippen LogP contribution in [0.2, 0.25) is 0 Å². The van der Waals surface area contributed by atoms with Crippen LogP contribution in [0.4, 0.5) is 0 Å². The van der Waals surface area contributed by atoms with E-state index < -0.39 is 90.0 Å². The number of esters is 1. The molecule has 2 bridgehead atoms. The molecule has 0 radical (unpaired) electrons. The summed E-state index contributed by atoms with van der Waals surface area (Å²) in [5.74, 6) is -7.09. The van der Waals surface area contributed by atoms with E-state index in [1.165, 1.54) is 12.0 Å². The number of nitrogens with zero attached hydrogens (tertiary/aromatic N) is 2. The number of rotatable bonds is 16. The maximum absolute atomic E-state index is 14.6. The van der Waals surface area contributed by atoms with Crippen LogP contribution in [0.5, 0.6) is 0 Å². The SMILES string of the molecule is CCOCCOCCNC(=O)CO/N=C1\[C@H](C)C[C@H](C)C(C)C/C=C/C=C(\C)[C@@H](OC)C[C@@H]2CC[C@@H](C)[C@@](O)(O2)C(=O)C(=O)N2CCCC[C@H]2C(=O)O[C@H]([C@H](C)C[C@@H]2CC[C@@H](O)[C@H](OC)C2)C[C@@H](O)[C@H](C)/C=C(\C)[C@@H](O)[C@H]1OC. The third-order valence-corrected chi connectivity index (χ3v) is 17.2. The number of carbonyl (C=O) groups excluding carboxylic acids is 4. The molecule has 2 amide bonds. The van der Waals surface area contributed by atoms with Gasteiger partial charge in [-0.25, -0.2) is 4.79 Å². The summed E-state index contributed by atoms with van der Waals surface area (Å²) in [5, 5.41) is 54.1. The van der Waals surface area contributed by atoms with E-state index in [9.17, 15) is 39.6 Å². The second-order valence-electron chi connectivity index (χ2n) is 23.2. The number of allylic oxidation sites excluding steroid dienone is 3. The van der Waals surface area contributed by atoms with E-state index in [0.717, 1.165) is 18.4 Å². The zero-order valence-corrected chi connectivity index (χ0v) is 49.8. The van der Waals surface area contributed by atoms with Gasteiger partial charge in [0.2, 0.25) is 5.79 Å². The molecule has 452 valence electrons. The number of oxime groups is 1. The van der Waals surface area contributed by atoms with Crippen LogP contribution in [0.25, 0.3) is 0 Å². The molecule has 0 aromatic carbocycles. The van der Waals surface area contributed by atoms with Gasteiger partial charge in [-0.3, -0.25) is 14.4 Å². The number of amides is 2. The molecule has 19 nitrogen and oxygen atoms in total. The minimum absolute atomic E-state index is 0.00175. The monoisotopic (exact) mass is 1120 g/mol. The molecule has 4 aliphatic rings. The number of ether oxygens (including phenoxy) is 7. The lowest BCUT2D eigenvalue weighted by atomic mass is 9.78. The molecule has 4 rings (SSSR count). The van der Waals surface area contributed by atoms with E-state index in [0.29, 0.717) is 95.5 Å². The molecule has 19 heteroatoms. The van der Waals surface area contributed by atoms with Crippen LogP contribution < -0.4 is 5.32 Å². The van der Waals surface area contributed by atoms with Crippen molar-refractivity contribution < 1.29 is 77.6 Å². The number of aliphatic hydroxyl groups excluding tert-OH is 3. The van der Waals surface area contributed by atoms with Crippen LogP contribution in [0, 0.1) is 41.4 Å². The van der Waals surface area contributed by atoms with Crippen molar-refractivity contribution >= 4 is 29.3 Å². The number of hydrogen-bond acceptors (Lipinski definition) is 17. The van der Waals surface area contributed by atoms with Gasteiger partial charge in [0.25, 0.3) is 17.6 Å². The summed E-state index contributed by atoms with van der Waals surface area (Å²) in [5.41, 5.74) is 1.79. The molecule has 0 spiro atoms. The third-order valence-electron chi connectivity index (χ3n) is 17.2. The Morgan fingerprint density at radius 2 is 1.59 bits per heavy atom. The summed E-state index contributed by atoms with van der Waals surface area (Å²) >= 11 is 0. The van der Waals surface area contributed by atoms with Crippen LogP contribution in [-0.4, -0.2) is 183 Å². The summed E-state index contributed by atoms with van der Waals surface area (Å²) < 4.78 is 41.0. The Morgan fingerprint density at radius 3 is 2.29 bits per heavy atom. The number of aliphatic hydroxyl groups is 4. The van der Waals surface area contributed by atoms with Crippen LogP contribution in [-0.2, 0) is 57.2 Å². The number of nitrogens with one attached hydrogen (secondary N) is 1. The van der Waals surface area contributed by atoms with Crippen molar-refractivity contribution in [3.8, 4) is 0 Å². The number of piperidine rings is 1. The Hall–Kier alpha value is -3.63. The lowest BCUT2D eigenvalue weighted by molar-refractivity contribution is -0.265. The van der Waals surface area contributed by atoms with Gasteiger partial charge in [0.1, 0.15) is 24.4 Å². The van der Waals surface area contributed by atoms with Crippen LogP contribution in [0.3, 0.4) is 0 Å². The van der Waals surface area contributed by atoms with Gasteiger partial charge in [-0.05, 0) is 126 Å². The van der Waals surface area contributed by atoms with Crippen molar-refractivity contribution in [1.29, 1.82) is 0 Å². The van der Waals surface area contributed by atoms with Gasteiger partial charge in [0.05, 0.1) is 56.1 Å². The fourth-order valence-corrected chi connectivity index (χ4v) is 11.6. The first-order valence-corrected chi connectivity index (χ1v) is 29.3. The molecule has 3 heterocycles. The molecule has 1 aliphatic carbocycles. The van der Waals surface area contributed by atoms with Gasteiger partial charge < -0.3 is 68.6 Å². The van der Waals surface area contributed by atoms with E-state index in [2.05, 4.69) is 30.4 Å². The van der Waals surface area contributed by atoms with Crippen molar-refractivity contribution in [2.45, 2.75) is 206 Å². The predicted octanol–water partition coefficient (Wildman–Crippen LogP) is 6.42. The smallest absolute Gasteiger partial charge is 0.329 e. The molecular weight excluding hydrogens is 1020 g/mol. The van der Waals surface area contributed by atoms with Gasteiger partial charge in [-0.1, -0.05) is 71.0 Å². The molecule has 0 aromatic rings. The standard InChI is InChI=1S/C60H101N3O16/c1-13-75-28-29-76-27-25-61-53(66)36-77-62-54-42(7)30-39(4)37(2)18-14-15-19-38(3)50(72-10)34-46-23-21-44(9)60(71,79-46)57(68)58(69)63-26-17-16-20-47(63)59(70)78-51(41(6)32-45-22-24-48(64)52(33-45)73-11)35-49(65)40(5)31-43(8)55(67)56(54)74-12/h14-15,19,31,37,39-42,44-52,55-56,64-65,67,71H,13,16-18,20-30,32-36H2,1-12H3,(H,61,66)/b15-14+,38-19+,43-31+,62-54+/t37?,39-,40+,41+,42+,44+,45-,46-,47-,48+,49+,50-,51-,52+,55+,56-,60+/m0/s1. The van der Waals surface area contributed by atoms with Gasteiger partial charge in [0.15, 0.2) is 6.61 Å². The molecule has 1 saturated carbocycles. The van der Waals surface area contributed by atoms with E-state index >= 15 is 0 Å². The summed E-state index contributed by atoms with van der Waals surface area (Å²) in [6, 6.07) is -1.13. The van der Waals surface area contributed by atoms with Crippen molar-refractivity contribution in [3.63, 3.8) is 0 Å². The maximum Gasteiger partial charge on any atom is 0.329 e. The number of fused-ring (bicyclic) bond motifs is 3. The molecule has 17 atom stereocenters. The molecule has 2 saturated heterocycles. The molecule has 5 N–H and O–H groups in total. The Balaban J connectivity index is 1.72. The fraction of sp³-hybridized carbons (Fsp3) is 0.817. The molecule has 0 aromatic heterocycles. The van der Waals surface area contributed by atoms with Crippen LogP contribution in [0.1, 0.15) is 146 Å². The number of cyclic esters (lactones) is 1. The van der Waals surface area contributed by atoms with Crippen molar-refractivity contribution in [1.82, 2.24) is 10.2 Å². The average molecular weight is 1120 g/mol. The molecule has 79 heavy (non-hydrogen) atoms. The molecular formula is C60H101N3O16. The quantitative estimate of drug-likeness (QED) is 0.0368. The predicted molar refractivity (Wildman–Crippen MR) is 299 cm³/mol. The third kappa shape index (κ3) is 20.3. The minimum atomic E-state index is -2.43. The second-order valence-corrected chi connectivity index (χ2v) is 23.2. The maximum atomic E-state index is 14.6. The highest BCUT2D eigenvalue weighted by Gasteiger charge is 2.53. The first kappa shape index (κ1) is 67.9. The van der Waals surface area contributed by atoms with Gasteiger partial charge in [-0.15, -0.1) is 0 Å². The zero-order chi connectivity index (χ0) is 58.4. The van der Waals surface area contributed by atoms with Crippen LogP contribution >= 0.6 is 0 Å². The normalized spacial score (nSPS) is 37.4. The van der Waals surface area contributed by atoms with Crippen molar-refractivity contribution in [2.24, 2.45) is 46.6 Å². The molecule has 3 aliphatic heterocycles. The topological polar surface area (TPSA) is 251 Å². The average Bonchev–Trinajstić information content (AvgIpc) is 3.43. The Kier molecular flexibility index (Phi) is 29.3.